The minimum Gasteiger partial charge on any atom is -0.316 e. The SMILES string of the molecule is CNCc1ccc(CS(=O)(=O)N(CC2CC2)C2CC2)cc1. The predicted octanol–water partition coefficient (Wildman–Crippen LogP) is 2.11. The maximum atomic E-state index is 12.7. The third-order valence-electron chi connectivity index (χ3n) is 4.20. The Balaban J connectivity index is 1.68. The second kappa shape index (κ2) is 6.07. The third kappa shape index (κ3) is 4.05. The van der Waals surface area contributed by atoms with Gasteiger partial charge in [0.05, 0.1) is 5.75 Å². The van der Waals surface area contributed by atoms with Gasteiger partial charge < -0.3 is 5.32 Å². The lowest BCUT2D eigenvalue weighted by atomic mass is 10.1. The first-order valence-corrected chi connectivity index (χ1v) is 9.41. The lowest BCUT2D eigenvalue weighted by molar-refractivity contribution is 0.388. The predicted molar refractivity (Wildman–Crippen MR) is 84.3 cm³/mol. The molecule has 0 spiro atoms. The van der Waals surface area contributed by atoms with Crippen LogP contribution in [0, 0.1) is 5.92 Å². The van der Waals surface area contributed by atoms with E-state index in [1.807, 2.05) is 31.3 Å². The second-order valence-electron chi connectivity index (χ2n) is 6.35. The van der Waals surface area contributed by atoms with Crippen molar-refractivity contribution in [3.63, 3.8) is 0 Å². The monoisotopic (exact) mass is 308 g/mol. The molecule has 5 heteroatoms. The molecule has 0 aromatic heterocycles. The molecule has 1 N–H and O–H groups in total. The molecule has 1 aromatic carbocycles. The maximum absolute atomic E-state index is 12.7. The minimum atomic E-state index is -3.17. The first-order valence-electron chi connectivity index (χ1n) is 7.80. The van der Waals surface area contributed by atoms with E-state index < -0.39 is 10.0 Å². The van der Waals surface area contributed by atoms with Crippen LogP contribution in [0.15, 0.2) is 24.3 Å². The molecule has 0 radical (unpaired) electrons. The van der Waals surface area contributed by atoms with Gasteiger partial charge in [-0.25, -0.2) is 8.42 Å². The highest BCUT2D eigenvalue weighted by Crippen LogP contribution is 2.37. The van der Waals surface area contributed by atoms with Crippen LogP contribution in [0.1, 0.15) is 36.8 Å². The van der Waals surface area contributed by atoms with Crippen molar-refractivity contribution in [2.75, 3.05) is 13.6 Å². The molecule has 0 saturated heterocycles. The van der Waals surface area contributed by atoms with Gasteiger partial charge in [-0.15, -0.1) is 0 Å². The van der Waals surface area contributed by atoms with Crippen LogP contribution in [0.25, 0.3) is 0 Å². The molecular formula is C16H24N2O2S. The van der Waals surface area contributed by atoms with Crippen LogP contribution in [-0.4, -0.2) is 32.4 Å². The summed E-state index contributed by atoms with van der Waals surface area (Å²) in [6.45, 7) is 1.55. The number of nitrogens with one attached hydrogen (secondary N) is 1. The lowest BCUT2D eigenvalue weighted by Crippen LogP contribution is -2.35. The molecule has 21 heavy (non-hydrogen) atoms. The van der Waals surface area contributed by atoms with Crippen molar-refractivity contribution in [3.05, 3.63) is 35.4 Å². The van der Waals surface area contributed by atoms with Crippen LogP contribution >= 0.6 is 0 Å². The number of hydrogen-bond acceptors (Lipinski definition) is 3. The van der Waals surface area contributed by atoms with E-state index in [0.29, 0.717) is 5.92 Å². The van der Waals surface area contributed by atoms with Gasteiger partial charge in [-0.3, -0.25) is 0 Å². The van der Waals surface area contributed by atoms with Crippen LogP contribution in [0.3, 0.4) is 0 Å². The summed E-state index contributed by atoms with van der Waals surface area (Å²) in [5, 5.41) is 3.10. The second-order valence-corrected chi connectivity index (χ2v) is 8.27. The first-order chi connectivity index (χ1) is 10.1. The van der Waals surface area contributed by atoms with E-state index in [1.165, 1.54) is 18.4 Å². The van der Waals surface area contributed by atoms with Crippen LogP contribution in [0.2, 0.25) is 0 Å². The van der Waals surface area contributed by atoms with Gasteiger partial charge in [-0.2, -0.15) is 4.31 Å². The maximum Gasteiger partial charge on any atom is 0.218 e. The van der Waals surface area contributed by atoms with E-state index in [1.54, 1.807) is 4.31 Å². The highest BCUT2D eigenvalue weighted by atomic mass is 32.2. The topological polar surface area (TPSA) is 49.4 Å². The van der Waals surface area contributed by atoms with Gasteiger partial charge in [0.15, 0.2) is 0 Å². The molecule has 2 fully saturated rings. The zero-order valence-corrected chi connectivity index (χ0v) is 13.4. The van der Waals surface area contributed by atoms with Gasteiger partial charge >= 0.3 is 0 Å². The van der Waals surface area contributed by atoms with Crippen molar-refractivity contribution in [2.24, 2.45) is 5.92 Å². The van der Waals surface area contributed by atoms with Crippen molar-refractivity contribution in [1.29, 1.82) is 0 Å². The number of nitrogens with zero attached hydrogens (tertiary/aromatic N) is 1. The average Bonchev–Trinajstić information content (AvgIpc) is 3.32. The van der Waals surface area contributed by atoms with Gasteiger partial charge in [0, 0.05) is 19.1 Å². The minimum absolute atomic E-state index is 0.135. The van der Waals surface area contributed by atoms with Crippen molar-refractivity contribution in [1.82, 2.24) is 9.62 Å². The summed E-state index contributed by atoms with van der Waals surface area (Å²) in [5.41, 5.74) is 2.06. The van der Waals surface area contributed by atoms with E-state index in [2.05, 4.69) is 5.32 Å². The standard InChI is InChI=1S/C16H24N2O2S/c1-17-10-13-2-6-15(7-3-13)12-21(19,20)18(16-8-9-16)11-14-4-5-14/h2-3,6-7,14,16-17H,4-5,8-12H2,1H3. The van der Waals surface area contributed by atoms with Crippen LogP contribution in [0.5, 0.6) is 0 Å². The molecule has 0 heterocycles. The summed E-state index contributed by atoms with van der Waals surface area (Å²) in [4.78, 5) is 0. The van der Waals surface area contributed by atoms with E-state index in [-0.39, 0.29) is 11.8 Å². The fourth-order valence-corrected chi connectivity index (χ4v) is 4.54. The smallest absolute Gasteiger partial charge is 0.218 e. The summed E-state index contributed by atoms with van der Waals surface area (Å²) in [7, 11) is -1.27. The Labute approximate surface area is 127 Å². The Bertz CT molecular complexity index is 575. The quantitative estimate of drug-likeness (QED) is 0.800. The van der Waals surface area contributed by atoms with Gasteiger partial charge in [-0.1, -0.05) is 24.3 Å². The van der Waals surface area contributed by atoms with Gasteiger partial charge in [0.1, 0.15) is 0 Å². The molecule has 2 saturated carbocycles. The highest BCUT2D eigenvalue weighted by molar-refractivity contribution is 7.88. The Kier molecular flexibility index (Phi) is 4.33. The Morgan fingerprint density at radius 3 is 2.24 bits per heavy atom. The van der Waals surface area contributed by atoms with Crippen molar-refractivity contribution < 1.29 is 8.42 Å². The molecule has 2 aliphatic carbocycles. The largest absolute Gasteiger partial charge is 0.316 e. The molecular weight excluding hydrogens is 284 g/mol. The summed E-state index contributed by atoms with van der Waals surface area (Å²) >= 11 is 0. The molecule has 0 amide bonds. The molecule has 0 unspecified atom stereocenters. The van der Waals surface area contributed by atoms with Gasteiger partial charge in [-0.05, 0) is 49.8 Å². The highest BCUT2D eigenvalue weighted by Gasteiger charge is 2.40. The summed E-state index contributed by atoms with van der Waals surface area (Å²) in [6.07, 6.45) is 4.45. The zero-order valence-electron chi connectivity index (χ0n) is 12.6. The molecule has 1 aromatic rings. The van der Waals surface area contributed by atoms with Crippen LogP contribution in [0.4, 0.5) is 0 Å². The average molecular weight is 308 g/mol. The van der Waals surface area contributed by atoms with Crippen molar-refractivity contribution >= 4 is 10.0 Å². The Morgan fingerprint density at radius 1 is 1.10 bits per heavy atom. The lowest BCUT2D eigenvalue weighted by Gasteiger charge is -2.21. The number of hydrogen-bond donors (Lipinski definition) is 1. The number of sulfonamides is 1. The summed E-state index contributed by atoms with van der Waals surface area (Å²) in [5.74, 6) is 0.745. The number of benzene rings is 1. The summed E-state index contributed by atoms with van der Waals surface area (Å²) in [6, 6.07) is 8.16. The molecule has 116 valence electrons. The number of rotatable bonds is 8. The fraction of sp³-hybridized carbons (Fsp3) is 0.625. The third-order valence-corrected chi connectivity index (χ3v) is 6.06. The van der Waals surface area contributed by atoms with Crippen molar-refractivity contribution in [2.45, 2.75) is 44.0 Å². The first kappa shape index (κ1) is 15.0. The van der Waals surface area contributed by atoms with Gasteiger partial charge in [0.2, 0.25) is 10.0 Å². The Morgan fingerprint density at radius 2 is 1.71 bits per heavy atom. The molecule has 2 aliphatic rings. The van der Waals surface area contributed by atoms with Crippen molar-refractivity contribution in [3.8, 4) is 0 Å². The molecule has 0 bridgehead atoms. The van der Waals surface area contributed by atoms with E-state index in [4.69, 9.17) is 0 Å². The van der Waals surface area contributed by atoms with Gasteiger partial charge in [0.25, 0.3) is 0 Å². The van der Waals surface area contributed by atoms with E-state index >= 15 is 0 Å². The molecule has 0 atom stereocenters. The summed E-state index contributed by atoms with van der Waals surface area (Å²) < 4.78 is 27.1. The molecule has 0 aliphatic heterocycles. The Hall–Kier alpha value is -0.910. The fourth-order valence-electron chi connectivity index (χ4n) is 2.66. The molecule has 3 rings (SSSR count). The van der Waals surface area contributed by atoms with Crippen LogP contribution in [-0.2, 0) is 22.3 Å². The van der Waals surface area contributed by atoms with E-state index in [0.717, 1.165) is 31.5 Å². The zero-order chi connectivity index (χ0) is 14.9. The normalized spacial score (nSPS) is 19.1. The van der Waals surface area contributed by atoms with Crippen LogP contribution < -0.4 is 5.32 Å². The molecule has 4 nitrogen and oxygen atoms in total. The van der Waals surface area contributed by atoms with E-state index in [9.17, 15) is 8.42 Å².